The zero-order chi connectivity index (χ0) is 21.8. The van der Waals surface area contributed by atoms with Crippen molar-refractivity contribution in [2.24, 2.45) is 0 Å². The van der Waals surface area contributed by atoms with Crippen LogP contribution in [0.4, 0.5) is 0 Å². The second-order valence-corrected chi connectivity index (χ2v) is 7.83. The Morgan fingerprint density at radius 1 is 0.438 bits per heavy atom. The molecule has 0 unspecified atom stereocenters. The van der Waals surface area contributed by atoms with Crippen LogP contribution in [0.3, 0.4) is 0 Å². The zero-order valence-electron chi connectivity index (χ0n) is 17.6. The van der Waals surface area contributed by atoms with Crippen molar-refractivity contribution in [3.63, 3.8) is 0 Å². The monoisotopic (exact) mass is 413 g/mol. The average molecular weight is 414 g/mol. The number of pyridine rings is 1. The Labute approximate surface area is 188 Å². The molecule has 0 amide bonds. The van der Waals surface area contributed by atoms with E-state index in [-0.39, 0.29) is 11.6 Å². The summed E-state index contributed by atoms with van der Waals surface area (Å²) in [5.74, 6) is 0. The molecule has 2 heteroatoms. The minimum atomic E-state index is -0.187. The highest BCUT2D eigenvalue weighted by atomic mass is 16.1. The number of nitrogens with zero attached hydrogens (tertiary/aromatic N) is 1. The summed E-state index contributed by atoms with van der Waals surface area (Å²) in [5.41, 5.74) is 6.60. The van der Waals surface area contributed by atoms with Crippen molar-refractivity contribution in [3.05, 3.63) is 155 Å². The van der Waals surface area contributed by atoms with Gasteiger partial charge in [-0.05, 0) is 39.4 Å². The largest absolute Gasteiger partial charge is 0.303 e. The van der Waals surface area contributed by atoms with Gasteiger partial charge in [0.25, 0.3) is 5.56 Å². The van der Waals surface area contributed by atoms with Gasteiger partial charge in [0.05, 0.1) is 6.04 Å². The number of benzene rings is 4. The van der Waals surface area contributed by atoms with Crippen LogP contribution in [0.2, 0.25) is 0 Å². The van der Waals surface area contributed by atoms with Gasteiger partial charge in [0.1, 0.15) is 0 Å². The summed E-state index contributed by atoms with van der Waals surface area (Å²) in [7, 11) is 0. The van der Waals surface area contributed by atoms with Crippen LogP contribution in [0.5, 0.6) is 0 Å². The first-order valence-corrected chi connectivity index (χ1v) is 10.8. The lowest BCUT2D eigenvalue weighted by molar-refractivity contribution is 0.651. The van der Waals surface area contributed by atoms with Crippen LogP contribution in [0.15, 0.2) is 138 Å². The third-order valence-corrected chi connectivity index (χ3v) is 5.77. The molecule has 0 atom stereocenters. The van der Waals surface area contributed by atoms with Gasteiger partial charge in [0, 0.05) is 12.3 Å². The van der Waals surface area contributed by atoms with Crippen molar-refractivity contribution < 1.29 is 0 Å². The van der Waals surface area contributed by atoms with Gasteiger partial charge in [-0.1, -0.05) is 115 Å². The maximum absolute atomic E-state index is 13.0. The molecule has 154 valence electrons. The maximum atomic E-state index is 13.0. The molecule has 5 rings (SSSR count). The predicted octanol–water partition coefficient (Wildman–Crippen LogP) is 6.82. The van der Waals surface area contributed by atoms with Crippen molar-refractivity contribution in [1.82, 2.24) is 4.57 Å². The highest BCUT2D eigenvalue weighted by Crippen LogP contribution is 2.28. The molecule has 0 fully saturated rings. The second kappa shape index (κ2) is 8.91. The summed E-state index contributed by atoms with van der Waals surface area (Å²) in [4.78, 5) is 13.0. The van der Waals surface area contributed by atoms with Gasteiger partial charge in [0.15, 0.2) is 0 Å². The Bertz CT molecular complexity index is 1320. The predicted molar refractivity (Wildman–Crippen MR) is 132 cm³/mol. The van der Waals surface area contributed by atoms with Crippen LogP contribution >= 0.6 is 0 Å². The van der Waals surface area contributed by atoms with E-state index in [1.165, 1.54) is 11.1 Å². The Morgan fingerprint density at radius 3 is 1.38 bits per heavy atom. The third kappa shape index (κ3) is 4.03. The minimum Gasteiger partial charge on any atom is -0.303 e. The highest BCUT2D eigenvalue weighted by molar-refractivity contribution is 5.70. The minimum absolute atomic E-state index is 0.0210. The molecule has 0 N–H and O–H groups in total. The molecule has 0 radical (unpaired) electrons. The summed E-state index contributed by atoms with van der Waals surface area (Å²) < 4.78 is 1.84. The number of hydrogen-bond donors (Lipinski definition) is 0. The fourth-order valence-electron chi connectivity index (χ4n) is 4.15. The Morgan fingerprint density at radius 2 is 0.844 bits per heavy atom. The van der Waals surface area contributed by atoms with Crippen molar-refractivity contribution in [2.75, 3.05) is 0 Å². The number of aromatic nitrogens is 1. The van der Waals surface area contributed by atoms with E-state index < -0.39 is 0 Å². The van der Waals surface area contributed by atoms with Crippen molar-refractivity contribution in [2.45, 2.75) is 6.04 Å². The quantitative estimate of drug-likeness (QED) is 0.310. The molecule has 0 spiro atoms. The molecule has 2 nitrogen and oxygen atoms in total. The van der Waals surface area contributed by atoms with Crippen LogP contribution in [-0.2, 0) is 0 Å². The molecule has 32 heavy (non-hydrogen) atoms. The fraction of sp³-hybridized carbons (Fsp3) is 0.0333. The lowest BCUT2D eigenvalue weighted by Gasteiger charge is -2.22. The van der Waals surface area contributed by atoms with Crippen molar-refractivity contribution in [3.8, 4) is 22.3 Å². The van der Waals surface area contributed by atoms with E-state index in [4.69, 9.17) is 0 Å². The van der Waals surface area contributed by atoms with Crippen LogP contribution < -0.4 is 5.56 Å². The SMILES string of the molecule is O=c1ccc(-c2ccc(-c3ccccc3)cc2)cn1C(c1ccccc1)c1ccccc1. The van der Waals surface area contributed by atoms with Gasteiger partial charge >= 0.3 is 0 Å². The van der Waals surface area contributed by atoms with Gasteiger partial charge in [-0.3, -0.25) is 4.79 Å². The van der Waals surface area contributed by atoms with Crippen LogP contribution in [-0.4, -0.2) is 4.57 Å². The highest BCUT2D eigenvalue weighted by Gasteiger charge is 2.17. The first-order chi connectivity index (χ1) is 15.8. The van der Waals surface area contributed by atoms with E-state index in [1.807, 2.05) is 71.4 Å². The Hall–Kier alpha value is -4.17. The molecule has 0 saturated carbocycles. The van der Waals surface area contributed by atoms with E-state index in [0.717, 1.165) is 22.3 Å². The first-order valence-electron chi connectivity index (χ1n) is 10.8. The van der Waals surface area contributed by atoms with E-state index in [0.29, 0.717) is 0 Å². The van der Waals surface area contributed by atoms with E-state index in [9.17, 15) is 4.79 Å². The van der Waals surface area contributed by atoms with Gasteiger partial charge in [-0.2, -0.15) is 0 Å². The molecular formula is C30H23NO. The third-order valence-electron chi connectivity index (χ3n) is 5.77. The molecule has 0 aliphatic rings. The van der Waals surface area contributed by atoms with Gasteiger partial charge < -0.3 is 4.57 Å². The van der Waals surface area contributed by atoms with Crippen molar-refractivity contribution >= 4 is 0 Å². The maximum Gasteiger partial charge on any atom is 0.251 e. The van der Waals surface area contributed by atoms with Crippen LogP contribution in [0, 0.1) is 0 Å². The topological polar surface area (TPSA) is 22.0 Å². The standard InChI is InChI=1S/C30H23NO/c32-29-21-20-28(25-18-16-24(17-19-25)23-10-4-1-5-11-23)22-31(29)30(26-12-6-2-7-13-26)27-14-8-3-9-15-27/h1-22,30H. The molecule has 1 heterocycles. The van der Waals surface area contributed by atoms with E-state index >= 15 is 0 Å². The number of rotatable bonds is 5. The molecule has 0 bridgehead atoms. The van der Waals surface area contributed by atoms with Gasteiger partial charge in [-0.25, -0.2) is 0 Å². The number of hydrogen-bond acceptors (Lipinski definition) is 1. The molecule has 0 aliphatic heterocycles. The van der Waals surface area contributed by atoms with E-state index in [2.05, 4.69) is 60.7 Å². The summed E-state index contributed by atoms with van der Waals surface area (Å²) in [6.45, 7) is 0. The summed E-state index contributed by atoms with van der Waals surface area (Å²) in [5, 5.41) is 0. The summed E-state index contributed by atoms with van der Waals surface area (Å²) >= 11 is 0. The molecule has 0 saturated heterocycles. The second-order valence-electron chi connectivity index (χ2n) is 7.83. The van der Waals surface area contributed by atoms with Crippen LogP contribution in [0.1, 0.15) is 17.2 Å². The first kappa shape index (κ1) is 19.8. The summed E-state index contributed by atoms with van der Waals surface area (Å²) in [6, 6.07) is 42.6. The Balaban J connectivity index is 1.58. The van der Waals surface area contributed by atoms with Crippen LogP contribution in [0.25, 0.3) is 22.3 Å². The van der Waals surface area contributed by atoms with Gasteiger partial charge in [0.2, 0.25) is 0 Å². The lowest BCUT2D eigenvalue weighted by atomic mass is 9.97. The van der Waals surface area contributed by atoms with E-state index in [1.54, 1.807) is 6.07 Å². The molecule has 5 aromatic rings. The smallest absolute Gasteiger partial charge is 0.251 e. The summed E-state index contributed by atoms with van der Waals surface area (Å²) in [6.07, 6.45) is 1.98. The molecule has 1 aromatic heterocycles. The van der Waals surface area contributed by atoms with Gasteiger partial charge in [-0.15, -0.1) is 0 Å². The lowest BCUT2D eigenvalue weighted by Crippen LogP contribution is -2.25. The normalized spacial score (nSPS) is 10.9. The molecular weight excluding hydrogens is 390 g/mol. The average Bonchev–Trinajstić information content (AvgIpc) is 2.87. The van der Waals surface area contributed by atoms with Crippen molar-refractivity contribution in [1.29, 1.82) is 0 Å². The Kier molecular flexibility index (Phi) is 5.50. The molecule has 0 aliphatic carbocycles. The zero-order valence-corrected chi connectivity index (χ0v) is 17.6. The molecule has 4 aromatic carbocycles. The fourth-order valence-corrected chi connectivity index (χ4v) is 4.15.